The molecular formula is C33H32FN5O9S. The van der Waals surface area contributed by atoms with Crippen LogP contribution in [-0.2, 0) is 19.1 Å². The molecule has 0 bridgehead atoms. The fourth-order valence-electron chi connectivity index (χ4n) is 6.13. The van der Waals surface area contributed by atoms with Crippen molar-refractivity contribution in [3.8, 4) is 5.75 Å². The monoisotopic (exact) mass is 693 g/mol. The number of thioether (sulfide) groups is 1. The molecule has 3 fully saturated rings. The maximum absolute atomic E-state index is 15.4. The summed E-state index contributed by atoms with van der Waals surface area (Å²) in [6.07, 6.45) is 1.41. The van der Waals surface area contributed by atoms with E-state index in [0.717, 1.165) is 17.7 Å². The van der Waals surface area contributed by atoms with Crippen LogP contribution in [0.4, 0.5) is 14.9 Å². The fraction of sp³-hybridized carbons (Fsp3) is 0.364. The highest BCUT2D eigenvalue weighted by molar-refractivity contribution is 8.00. The number of aromatic nitrogens is 1. The summed E-state index contributed by atoms with van der Waals surface area (Å²) in [6.45, 7) is 1.84. The number of para-hydroxylation sites is 1. The van der Waals surface area contributed by atoms with Crippen LogP contribution in [0.1, 0.15) is 29.2 Å². The molecule has 1 aromatic heterocycles. The lowest BCUT2D eigenvalue weighted by Gasteiger charge is -2.49. The van der Waals surface area contributed by atoms with Crippen LogP contribution in [0.3, 0.4) is 0 Å². The highest BCUT2D eigenvalue weighted by Gasteiger charge is 2.54. The molecule has 4 heterocycles. The second-order valence-electron chi connectivity index (χ2n) is 12.0. The molecule has 14 nitrogen and oxygen atoms in total. The molecule has 2 atom stereocenters. The minimum Gasteiger partial charge on any atom is -0.484 e. The summed E-state index contributed by atoms with van der Waals surface area (Å²) in [5.41, 5.74) is 0.115. The quantitative estimate of drug-likeness (QED) is 0.210. The molecule has 3 aliphatic heterocycles. The number of esters is 1. The molecule has 4 aliphatic rings. The smallest absolute Gasteiger partial charge is 0.484 e. The normalized spacial score (nSPS) is 20.4. The van der Waals surface area contributed by atoms with Gasteiger partial charge in [-0.05, 0) is 37.1 Å². The van der Waals surface area contributed by atoms with E-state index in [1.807, 2.05) is 9.47 Å². The molecule has 16 heteroatoms. The zero-order valence-corrected chi connectivity index (χ0v) is 26.9. The van der Waals surface area contributed by atoms with Crippen LogP contribution in [0.2, 0.25) is 0 Å². The second-order valence-corrected chi connectivity index (χ2v) is 13.1. The summed E-state index contributed by atoms with van der Waals surface area (Å²) >= 11 is 1.21. The molecule has 2 saturated heterocycles. The van der Waals surface area contributed by atoms with Crippen LogP contribution in [-0.4, -0.2) is 95.1 Å². The third-order valence-corrected chi connectivity index (χ3v) is 10.0. The summed E-state index contributed by atoms with van der Waals surface area (Å²) in [5.74, 6) is -2.45. The van der Waals surface area contributed by atoms with Crippen molar-refractivity contribution in [2.45, 2.75) is 30.3 Å². The first-order valence-corrected chi connectivity index (χ1v) is 16.8. The van der Waals surface area contributed by atoms with Gasteiger partial charge in [-0.1, -0.05) is 18.2 Å². The van der Waals surface area contributed by atoms with Crippen LogP contribution in [0.5, 0.6) is 5.75 Å². The molecule has 256 valence electrons. The summed E-state index contributed by atoms with van der Waals surface area (Å²) in [7, 11) is 0. The highest BCUT2D eigenvalue weighted by Crippen LogP contribution is 2.41. The Balaban J connectivity index is 1.08. The molecular weight excluding hydrogens is 661 g/mol. The van der Waals surface area contributed by atoms with Gasteiger partial charge in [0, 0.05) is 55.1 Å². The topological polar surface area (TPSA) is 169 Å². The zero-order valence-electron chi connectivity index (χ0n) is 26.1. The van der Waals surface area contributed by atoms with E-state index < -0.39 is 53.2 Å². The van der Waals surface area contributed by atoms with Gasteiger partial charge in [-0.2, -0.15) is 0 Å². The number of pyridine rings is 1. The summed E-state index contributed by atoms with van der Waals surface area (Å²) in [6, 6.07) is 10.6. The van der Waals surface area contributed by atoms with Crippen LogP contribution < -0.4 is 25.7 Å². The number of nitrogens with zero attached hydrogens (tertiary/aromatic N) is 3. The Bertz CT molecular complexity index is 1930. The van der Waals surface area contributed by atoms with Crippen molar-refractivity contribution in [2.75, 3.05) is 50.0 Å². The second kappa shape index (κ2) is 13.4. The van der Waals surface area contributed by atoms with Gasteiger partial charge in [-0.3, -0.25) is 19.3 Å². The van der Waals surface area contributed by atoms with E-state index in [4.69, 9.17) is 14.2 Å². The predicted molar refractivity (Wildman–Crippen MR) is 175 cm³/mol. The van der Waals surface area contributed by atoms with Gasteiger partial charge >= 0.3 is 12.1 Å². The van der Waals surface area contributed by atoms with Crippen molar-refractivity contribution in [1.82, 2.24) is 20.1 Å². The van der Waals surface area contributed by atoms with Gasteiger partial charge in [0.15, 0.2) is 6.61 Å². The fourth-order valence-corrected chi connectivity index (χ4v) is 7.43. The van der Waals surface area contributed by atoms with Crippen LogP contribution in [0.25, 0.3) is 10.9 Å². The van der Waals surface area contributed by atoms with Crippen LogP contribution >= 0.6 is 11.8 Å². The number of rotatable bonds is 10. The number of hydrogen-bond donors (Lipinski definition) is 3. The number of fused-ring (bicyclic) bond motifs is 2. The molecule has 1 saturated carbocycles. The van der Waals surface area contributed by atoms with Crippen molar-refractivity contribution in [2.24, 2.45) is 0 Å². The van der Waals surface area contributed by atoms with E-state index in [1.54, 1.807) is 36.4 Å². The minimum absolute atomic E-state index is 0.0386. The molecule has 49 heavy (non-hydrogen) atoms. The van der Waals surface area contributed by atoms with E-state index in [-0.39, 0.29) is 40.8 Å². The van der Waals surface area contributed by atoms with Gasteiger partial charge in [0.2, 0.25) is 11.3 Å². The lowest BCUT2D eigenvalue weighted by atomic mass is 10.1. The van der Waals surface area contributed by atoms with E-state index in [2.05, 4.69) is 10.6 Å². The number of carbonyl (C=O) groups excluding carboxylic acids is 3. The highest BCUT2D eigenvalue weighted by atomic mass is 32.2. The third-order valence-electron chi connectivity index (χ3n) is 8.70. The SMILES string of the molecule is O=C(COc1ccccc1)N[C@@H]1C(=O)N2C(OC(=O)O)=C(COC(=O)c3cn(C4CC4)c4cc(N5CCNCC5)c(F)cc4c3=O)CS[C@H]12. The molecule has 2 aromatic carbocycles. The molecule has 3 N–H and O–H groups in total. The van der Waals surface area contributed by atoms with E-state index in [9.17, 15) is 29.1 Å². The standard InChI is InChI=1S/C33H32FN5O9S/c34-23-12-21-24(13-25(23)37-10-8-35-9-11-37)38(19-6-7-19)14-22(28(21)41)32(43)47-15-18-17-49-31-27(29(42)39(31)30(18)48-33(44)45)36-26(40)16-46-20-4-2-1-3-5-20/h1-5,12-14,19,27,31,35H,6-11,15-17H2,(H,36,40)(H,44,45)/t27-,31-/m1/s1. The Morgan fingerprint density at radius 3 is 2.55 bits per heavy atom. The Kier molecular flexibility index (Phi) is 8.90. The minimum atomic E-state index is -1.69. The maximum Gasteiger partial charge on any atom is 0.512 e. The first-order chi connectivity index (χ1) is 23.7. The summed E-state index contributed by atoms with van der Waals surface area (Å²) in [5, 5.41) is 14.6. The number of nitrogens with one attached hydrogen (secondary N) is 2. The molecule has 3 aromatic rings. The van der Waals surface area contributed by atoms with E-state index in [0.29, 0.717) is 43.1 Å². The van der Waals surface area contributed by atoms with Gasteiger partial charge in [-0.15, -0.1) is 11.8 Å². The summed E-state index contributed by atoms with van der Waals surface area (Å²) in [4.78, 5) is 67.1. The summed E-state index contributed by atoms with van der Waals surface area (Å²) < 4.78 is 33.1. The Labute approximate surface area is 282 Å². The number of anilines is 1. The molecule has 7 rings (SSSR count). The number of benzene rings is 2. The Morgan fingerprint density at radius 2 is 1.84 bits per heavy atom. The predicted octanol–water partition coefficient (Wildman–Crippen LogP) is 2.43. The van der Waals surface area contributed by atoms with E-state index >= 15 is 4.39 Å². The first-order valence-electron chi connectivity index (χ1n) is 15.8. The molecule has 1 aliphatic carbocycles. The van der Waals surface area contributed by atoms with Gasteiger partial charge in [0.25, 0.3) is 11.8 Å². The third kappa shape index (κ3) is 6.53. The number of piperazine rings is 1. The number of carboxylic acid groups (broad SMARTS) is 1. The zero-order chi connectivity index (χ0) is 34.2. The number of hydrogen-bond acceptors (Lipinski definition) is 11. The molecule has 2 amide bonds. The van der Waals surface area contributed by atoms with Crippen LogP contribution in [0.15, 0.2) is 64.9 Å². The molecule has 0 radical (unpaired) electrons. The average molecular weight is 694 g/mol. The Hall–Kier alpha value is -5.09. The largest absolute Gasteiger partial charge is 0.512 e. The van der Waals surface area contributed by atoms with Crippen molar-refractivity contribution >= 4 is 52.3 Å². The Morgan fingerprint density at radius 1 is 1.08 bits per heavy atom. The van der Waals surface area contributed by atoms with Crippen molar-refractivity contribution < 1.29 is 42.9 Å². The van der Waals surface area contributed by atoms with Crippen molar-refractivity contribution in [1.29, 1.82) is 0 Å². The van der Waals surface area contributed by atoms with Crippen molar-refractivity contribution in [3.05, 3.63) is 81.7 Å². The van der Waals surface area contributed by atoms with Gasteiger partial charge in [0.1, 0.15) is 35.2 Å². The number of halogens is 1. The number of carbonyl (C=O) groups is 4. The lowest BCUT2D eigenvalue weighted by Crippen LogP contribution is -2.70. The number of β-lactam (4-membered cyclic amide) rings is 1. The van der Waals surface area contributed by atoms with Gasteiger partial charge in [0.05, 0.1) is 11.2 Å². The van der Waals surface area contributed by atoms with Gasteiger partial charge < -0.3 is 39.4 Å². The lowest BCUT2D eigenvalue weighted by molar-refractivity contribution is -0.149. The first kappa shape index (κ1) is 32.5. The van der Waals surface area contributed by atoms with Gasteiger partial charge in [-0.25, -0.2) is 14.0 Å². The van der Waals surface area contributed by atoms with Crippen LogP contribution in [0, 0.1) is 5.82 Å². The number of amides is 2. The average Bonchev–Trinajstić information content (AvgIpc) is 3.95. The van der Waals surface area contributed by atoms with E-state index in [1.165, 1.54) is 24.0 Å². The molecule has 0 unspecified atom stereocenters. The molecule has 0 spiro atoms. The maximum atomic E-state index is 15.4. The van der Waals surface area contributed by atoms with Crippen molar-refractivity contribution in [3.63, 3.8) is 0 Å². The number of ether oxygens (including phenoxy) is 3.